The summed E-state index contributed by atoms with van der Waals surface area (Å²) in [5.74, 6) is -0.890. The van der Waals surface area contributed by atoms with Crippen molar-refractivity contribution in [1.29, 1.82) is 0 Å². The SMILES string of the molecule is CC(=O)c1c(F)cccc1NC1CCN(S(=O)(=O)Cc2ccccc2)CC1. The molecule has 1 N–H and O–H groups in total. The summed E-state index contributed by atoms with van der Waals surface area (Å²) in [5, 5.41) is 3.21. The first-order valence-corrected chi connectivity index (χ1v) is 10.6. The average molecular weight is 390 g/mol. The monoisotopic (exact) mass is 390 g/mol. The Hall–Kier alpha value is -2.25. The smallest absolute Gasteiger partial charge is 0.218 e. The van der Waals surface area contributed by atoms with E-state index in [1.54, 1.807) is 24.3 Å². The van der Waals surface area contributed by atoms with Crippen LogP contribution < -0.4 is 5.32 Å². The molecule has 0 saturated carbocycles. The van der Waals surface area contributed by atoms with Gasteiger partial charge >= 0.3 is 0 Å². The van der Waals surface area contributed by atoms with Crippen molar-refractivity contribution in [1.82, 2.24) is 4.31 Å². The van der Waals surface area contributed by atoms with Gasteiger partial charge in [-0.25, -0.2) is 17.1 Å². The van der Waals surface area contributed by atoms with Gasteiger partial charge in [0.1, 0.15) is 5.82 Å². The fourth-order valence-electron chi connectivity index (χ4n) is 3.38. The molecule has 7 heteroatoms. The van der Waals surface area contributed by atoms with Gasteiger partial charge in [0.25, 0.3) is 0 Å². The molecule has 0 aromatic heterocycles. The number of nitrogens with one attached hydrogen (secondary N) is 1. The van der Waals surface area contributed by atoms with Crippen LogP contribution in [-0.2, 0) is 15.8 Å². The van der Waals surface area contributed by atoms with E-state index in [9.17, 15) is 17.6 Å². The van der Waals surface area contributed by atoms with Crippen molar-refractivity contribution in [3.63, 3.8) is 0 Å². The van der Waals surface area contributed by atoms with Crippen LogP contribution in [0.1, 0.15) is 35.7 Å². The molecule has 1 heterocycles. The van der Waals surface area contributed by atoms with Crippen molar-refractivity contribution in [3.8, 4) is 0 Å². The van der Waals surface area contributed by atoms with E-state index in [4.69, 9.17) is 0 Å². The third-order valence-corrected chi connectivity index (χ3v) is 6.61. The molecule has 2 aromatic carbocycles. The van der Waals surface area contributed by atoms with Crippen LogP contribution in [0.4, 0.5) is 10.1 Å². The third-order valence-electron chi connectivity index (χ3n) is 4.76. The van der Waals surface area contributed by atoms with Gasteiger partial charge in [0, 0.05) is 24.8 Å². The lowest BCUT2D eigenvalue weighted by atomic mass is 10.0. The minimum Gasteiger partial charge on any atom is -0.382 e. The lowest BCUT2D eigenvalue weighted by Crippen LogP contribution is -2.42. The lowest BCUT2D eigenvalue weighted by molar-refractivity contribution is 0.101. The average Bonchev–Trinajstić information content (AvgIpc) is 2.62. The molecule has 1 aliphatic heterocycles. The number of sulfonamides is 1. The van der Waals surface area contributed by atoms with E-state index >= 15 is 0 Å². The molecule has 1 fully saturated rings. The summed E-state index contributed by atoms with van der Waals surface area (Å²) in [5.41, 5.74) is 1.29. The number of rotatable bonds is 6. The molecule has 144 valence electrons. The summed E-state index contributed by atoms with van der Waals surface area (Å²) in [7, 11) is -3.37. The molecule has 2 aromatic rings. The fourth-order valence-corrected chi connectivity index (χ4v) is 4.94. The highest BCUT2D eigenvalue weighted by Gasteiger charge is 2.28. The maximum Gasteiger partial charge on any atom is 0.218 e. The quantitative estimate of drug-likeness (QED) is 0.768. The second kappa shape index (κ2) is 8.19. The predicted octanol–water partition coefficient (Wildman–Crippen LogP) is 3.43. The van der Waals surface area contributed by atoms with E-state index in [1.165, 1.54) is 17.3 Å². The standard InChI is InChI=1S/C20H23FN2O3S/c1-15(24)20-18(21)8-5-9-19(20)22-17-10-12-23(13-11-17)27(25,26)14-16-6-3-2-4-7-16/h2-9,17,22H,10-14H2,1H3. The molecule has 0 atom stereocenters. The summed E-state index contributed by atoms with van der Waals surface area (Å²) in [6, 6.07) is 13.6. The van der Waals surface area contributed by atoms with Gasteiger partial charge in [-0.15, -0.1) is 0 Å². The first kappa shape index (κ1) is 19.5. The van der Waals surface area contributed by atoms with E-state index in [1.807, 2.05) is 18.2 Å². The van der Waals surface area contributed by atoms with E-state index in [-0.39, 0.29) is 23.1 Å². The molecule has 1 aliphatic rings. The van der Waals surface area contributed by atoms with Crippen molar-refractivity contribution in [2.24, 2.45) is 0 Å². The molecule has 0 amide bonds. The van der Waals surface area contributed by atoms with Crippen LogP contribution in [-0.4, -0.2) is 37.6 Å². The number of anilines is 1. The van der Waals surface area contributed by atoms with Crippen LogP contribution >= 0.6 is 0 Å². The fraction of sp³-hybridized carbons (Fsp3) is 0.350. The molecule has 0 aliphatic carbocycles. The van der Waals surface area contributed by atoms with Crippen molar-refractivity contribution < 1.29 is 17.6 Å². The number of piperidine rings is 1. The summed E-state index contributed by atoms with van der Waals surface area (Å²) in [6.07, 6.45) is 1.20. The number of Topliss-reactive ketones (excluding diaryl/α,β-unsaturated/α-hetero) is 1. The van der Waals surface area contributed by atoms with Gasteiger partial charge in [0.05, 0.1) is 11.3 Å². The Bertz CT molecular complexity index is 908. The molecule has 27 heavy (non-hydrogen) atoms. The lowest BCUT2D eigenvalue weighted by Gasteiger charge is -2.32. The molecule has 0 unspecified atom stereocenters. The summed E-state index contributed by atoms with van der Waals surface area (Å²) < 4.78 is 40.7. The summed E-state index contributed by atoms with van der Waals surface area (Å²) in [6.45, 7) is 2.14. The number of halogens is 1. The molecule has 0 spiro atoms. The normalized spacial score (nSPS) is 16.2. The van der Waals surface area contributed by atoms with E-state index in [2.05, 4.69) is 5.32 Å². The zero-order valence-corrected chi connectivity index (χ0v) is 16.0. The van der Waals surface area contributed by atoms with Crippen LogP contribution in [0.3, 0.4) is 0 Å². The van der Waals surface area contributed by atoms with E-state index < -0.39 is 15.8 Å². The van der Waals surface area contributed by atoms with E-state index in [0.29, 0.717) is 31.6 Å². The predicted molar refractivity (Wildman–Crippen MR) is 104 cm³/mol. The van der Waals surface area contributed by atoms with Gasteiger partial charge in [-0.1, -0.05) is 36.4 Å². The molecule has 5 nitrogen and oxygen atoms in total. The Kier molecular flexibility index (Phi) is 5.92. The maximum absolute atomic E-state index is 13.9. The third kappa shape index (κ3) is 4.73. The van der Waals surface area contributed by atoms with Gasteiger partial charge < -0.3 is 5.32 Å². The van der Waals surface area contributed by atoms with Crippen LogP contribution in [0.25, 0.3) is 0 Å². The molecule has 3 rings (SSSR count). The number of benzene rings is 2. The molecule has 0 bridgehead atoms. The number of hydrogen-bond donors (Lipinski definition) is 1. The Morgan fingerprint density at radius 2 is 1.78 bits per heavy atom. The molecular weight excluding hydrogens is 367 g/mol. The minimum atomic E-state index is -3.37. The highest BCUT2D eigenvalue weighted by Crippen LogP contribution is 2.24. The summed E-state index contributed by atoms with van der Waals surface area (Å²) >= 11 is 0. The zero-order chi connectivity index (χ0) is 19.4. The number of carbonyl (C=O) groups excluding carboxylic acids is 1. The number of hydrogen-bond acceptors (Lipinski definition) is 4. The summed E-state index contributed by atoms with van der Waals surface area (Å²) in [4.78, 5) is 11.7. The van der Waals surface area contributed by atoms with Crippen molar-refractivity contribution >= 4 is 21.5 Å². The Balaban J connectivity index is 1.63. The Morgan fingerprint density at radius 3 is 2.41 bits per heavy atom. The largest absolute Gasteiger partial charge is 0.382 e. The van der Waals surface area contributed by atoms with Gasteiger partial charge in [-0.05, 0) is 37.5 Å². The van der Waals surface area contributed by atoms with Crippen LogP contribution in [0.2, 0.25) is 0 Å². The minimum absolute atomic E-state index is 0.00641. The number of carbonyl (C=O) groups is 1. The van der Waals surface area contributed by atoms with Gasteiger partial charge in [-0.3, -0.25) is 4.79 Å². The van der Waals surface area contributed by atoms with E-state index in [0.717, 1.165) is 5.56 Å². The first-order chi connectivity index (χ1) is 12.9. The van der Waals surface area contributed by atoms with Crippen molar-refractivity contribution in [2.45, 2.75) is 31.6 Å². The topological polar surface area (TPSA) is 66.5 Å². The van der Waals surface area contributed by atoms with Crippen LogP contribution in [0.15, 0.2) is 48.5 Å². The number of nitrogens with zero attached hydrogens (tertiary/aromatic N) is 1. The van der Waals surface area contributed by atoms with Gasteiger partial charge in [0.15, 0.2) is 5.78 Å². The highest BCUT2D eigenvalue weighted by atomic mass is 32.2. The first-order valence-electron chi connectivity index (χ1n) is 8.94. The van der Waals surface area contributed by atoms with Crippen molar-refractivity contribution in [2.75, 3.05) is 18.4 Å². The van der Waals surface area contributed by atoms with Crippen LogP contribution in [0, 0.1) is 5.82 Å². The molecular formula is C20H23FN2O3S. The highest BCUT2D eigenvalue weighted by molar-refractivity contribution is 7.88. The Morgan fingerprint density at radius 1 is 1.11 bits per heavy atom. The van der Waals surface area contributed by atoms with Gasteiger partial charge in [-0.2, -0.15) is 0 Å². The zero-order valence-electron chi connectivity index (χ0n) is 15.2. The van der Waals surface area contributed by atoms with Gasteiger partial charge in [0.2, 0.25) is 10.0 Å². The number of ketones is 1. The van der Waals surface area contributed by atoms with Crippen LogP contribution in [0.5, 0.6) is 0 Å². The van der Waals surface area contributed by atoms with Crippen molar-refractivity contribution in [3.05, 3.63) is 65.5 Å². The molecule has 1 saturated heterocycles. The second-order valence-corrected chi connectivity index (χ2v) is 8.75. The Labute approximate surface area is 159 Å². The maximum atomic E-state index is 13.9. The molecule has 0 radical (unpaired) electrons. The second-order valence-electron chi connectivity index (χ2n) is 6.78.